The van der Waals surface area contributed by atoms with Gasteiger partial charge in [-0.3, -0.25) is 4.79 Å². The predicted molar refractivity (Wildman–Crippen MR) is 67.7 cm³/mol. The van der Waals surface area contributed by atoms with Gasteiger partial charge in [-0.05, 0) is 18.9 Å². The second-order valence-electron chi connectivity index (χ2n) is 5.11. The van der Waals surface area contributed by atoms with E-state index in [0.29, 0.717) is 6.07 Å². The number of carbonyl (C=O) groups excluding carboxylic acids is 1. The first-order valence-corrected chi connectivity index (χ1v) is 6.03. The second-order valence-corrected chi connectivity index (χ2v) is 5.11. The van der Waals surface area contributed by atoms with Crippen molar-refractivity contribution in [3.63, 3.8) is 0 Å². The number of phenols is 1. The molecule has 4 N–H and O–H groups in total. The van der Waals surface area contributed by atoms with Crippen molar-refractivity contribution in [3.8, 4) is 5.75 Å². The summed E-state index contributed by atoms with van der Waals surface area (Å²) >= 11 is 0. The van der Waals surface area contributed by atoms with Crippen molar-refractivity contribution in [2.24, 2.45) is 11.7 Å². The summed E-state index contributed by atoms with van der Waals surface area (Å²) < 4.78 is 39.7. The minimum Gasteiger partial charge on any atom is -0.503 e. The molecule has 20 heavy (non-hydrogen) atoms. The molecular formula is C13H17F3N2O2. The van der Waals surface area contributed by atoms with Gasteiger partial charge in [-0.1, -0.05) is 13.8 Å². The van der Waals surface area contributed by atoms with Crippen LogP contribution in [0.4, 0.5) is 13.2 Å². The quantitative estimate of drug-likeness (QED) is 0.741. The van der Waals surface area contributed by atoms with E-state index in [1.165, 1.54) is 0 Å². The molecule has 0 fully saturated rings. The average Bonchev–Trinajstić information content (AvgIpc) is 2.39. The fourth-order valence-electron chi connectivity index (χ4n) is 1.51. The van der Waals surface area contributed by atoms with Crippen LogP contribution in [-0.2, 0) is 0 Å². The molecular weight excluding hydrogens is 273 g/mol. The SMILES string of the molecule is CC(C)C(C)(CN)NC(=O)c1cc(F)c(F)c(O)c1F. The highest BCUT2D eigenvalue weighted by Gasteiger charge is 2.31. The molecule has 7 heteroatoms. The zero-order valence-electron chi connectivity index (χ0n) is 11.4. The zero-order chi connectivity index (χ0) is 15.7. The highest BCUT2D eigenvalue weighted by molar-refractivity contribution is 5.95. The van der Waals surface area contributed by atoms with Gasteiger partial charge in [0.1, 0.15) is 0 Å². The third-order valence-electron chi connectivity index (χ3n) is 3.48. The van der Waals surface area contributed by atoms with Gasteiger partial charge >= 0.3 is 0 Å². The number of benzene rings is 1. The van der Waals surface area contributed by atoms with Crippen molar-refractivity contribution in [3.05, 3.63) is 29.1 Å². The van der Waals surface area contributed by atoms with Gasteiger partial charge in [-0.2, -0.15) is 4.39 Å². The first-order chi connectivity index (χ1) is 9.14. The Bertz CT molecular complexity index is 535. The molecule has 1 unspecified atom stereocenters. The molecule has 1 atom stereocenters. The van der Waals surface area contributed by atoms with E-state index in [1.807, 2.05) is 0 Å². The largest absolute Gasteiger partial charge is 0.503 e. The van der Waals surface area contributed by atoms with Gasteiger partial charge in [0.2, 0.25) is 5.82 Å². The normalized spacial score (nSPS) is 14.2. The van der Waals surface area contributed by atoms with Gasteiger partial charge in [0, 0.05) is 6.54 Å². The molecule has 0 aliphatic carbocycles. The first kappa shape index (κ1) is 16.3. The maximum Gasteiger partial charge on any atom is 0.254 e. The Kier molecular flexibility index (Phi) is 4.65. The van der Waals surface area contributed by atoms with Crippen LogP contribution in [0.25, 0.3) is 0 Å². The molecule has 1 amide bonds. The van der Waals surface area contributed by atoms with Crippen molar-refractivity contribution < 1.29 is 23.1 Å². The van der Waals surface area contributed by atoms with Crippen LogP contribution in [0.5, 0.6) is 5.75 Å². The number of rotatable bonds is 4. The summed E-state index contributed by atoms with van der Waals surface area (Å²) in [4.78, 5) is 12.0. The predicted octanol–water partition coefficient (Wildman–Crippen LogP) is 1.91. The van der Waals surface area contributed by atoms with Gasteiger partial charge in [0.15, 0.2) is 17.4 Å². The fraction of sp³-hybridized carbons (Fsp3) is 0.462. The lowest BCUT2D eigenvalue weighted by molar-refractivity contribution is 0.0877. The van der Waals surface area contributed by atoms with Crippen molar-refractivity contribution >= 4 is 5.91 Å². The molecule has 112 valence electrons. The van der Waals surface area contributed by atoms with Gasteiger partial charge in [0.25, 0.3) is 5.91 Å². The molecule has 1 rings (SSSR count). The number of halogens is 3. The smallest absolute Gasteiger partial charge is 0.254 e. The van der Waals surface area contributed by atoms with Crippen LogP contribution < -0.4 is 11.1 Å². The minimum atomic E-state index is -1.73. The minimum absolute atomic E-state index is 0.0709. The Morgan fingerprint density at radius 3 is 2.40 bits per heavy atom. The number of amides is 1. The zero-order valence-corrected chi connectivity index (χ0v) is 11.4. The molecule has 0 aromatic heterocycles. The number of phenolic OH excluding ortho intramolecular Hbond substituents is 1. The van der Waals surface area contributed by atoms with E-state index >= 15 is 0 Å². The maximum atomic E-state index is 13.6. The molecule has 1 aromatic carbocycles. The second kappa shape index (κ2) is 5.70. The van der Waals surface area contributed by atoms with E-state index < -0.39 is 40.2 Å². The molecule has 0 radical (unpaired) electrons. The molecule has 0 saturated carbocycles. The van der Waals surface area contributed by atoms with E-state index in [0.717, 1.165) is 0 Å². The first-order valence-electron chi connectivity index (χ1n) is 6.03. The van der Waals surface area contributed by atoms with Crippen LogP contribution in [0.3, 0.4) is 0 Å². The van der Waals surface area contributed by atoms with E-state index in [-0.39, 0.29) is 12.5 Å². The Labute approximate surface area is 114 Å². The standard InChI is InChI=1S/C13H17F3N2O2/c1-6(2)13(3,5-17)18-12(20)7-4-8(14)10(16)11(19)9(7)15/h4,6,19H,5,17H2,1-3H3,(H,18,20). The highest BCUT2D eigenvalue weighted by Crippen LogP contribution is 2.26. The Morgan fingerprint density at radius 2 is 1.95 bits per heavy atom. The molecule has 0 spiro atoms. The van der Waals surface area contributed by atoms with Crippen LogP contribution in [0.15, 0.2) is 6.07 Å². The molecule has 0 aliphatic heterocycles. The summed E-state index contributed by atoms with van der Waals surface area (Å²) in [6.07, 6.45) is 0. The van der Waals surface area contributed by atoms with Crippen LogP contribution in [0, 0.1) is 23.4 Å². The van der Waals surface area contributed by atoms with Crippen molar-refractivity contribution in [1.82, 2.24) is 5.32 Å². The molecule has 0 saturated heterocycles. The Hall–Kier alpha value is -1.76. The maximum absolute atomic E-state index is 13.6. The van der Waals surface area contributed by atoms with Crippen LogP contribution in [-0.4, -0.2) is 23.1 Å². The van der Waals surface area contributed by atoms with E-state index in [1.54, 1.807) is 20.8 Å². The van der Waals surface area contributed by atoms with E-state index in [4.69, 9.17) is 10.8 Å². The summed E-state index contributed by atoms with van der Waals surface area (Å²) in [6, 6.07) is 0.400. The lowest BCUT2D eigenvalue weighted by Crippen LogP contribution is -2.55. The Morgan fingerprint density at radius 1 is 1.40 bits per heavy atom. The topological polar surface area (TPSA) is 75.3 Å². The lowest BCUT2D eigenvalue weighted by Gasteiger charge is -2.33. The highest BCUT2D eigenvalue weighted by atomic mass is 19.2. The van der Waals surface area contributed by atoms with Gasteiger partial charge in [0.05, 0.1) is 11.1 Å². The summed E-state index contributed by atoms with van der Waals surface area (Å²) in [5.74, 6) is -7.31. The van der Waals surface area contributed by atoms with Gasteiger partial charge in [-0.15, -0.1) is 0 Å². The Balaban J connectivity index is 3.17. The summed E-state index contributed by atoms with van der Waals surface area (Å²) in [5, 5.41) is 11.6. The molecule has 0 bridgehead atoms. The monoisotopic (exact) mass is 290 g/mol. The van der Waals surface area contributed by atoms with Crippen molar-refractivity contribution in [1.29, 1.82) is 0 Å². The summed E-state index contributed by atoms with van der Waals surface area (Å²) in [5.41, 5.74) is 3.94. The number of hydrogen-bond acceptors (Lipinski definition) is 3. The molecule has 1 aromatic rings. The van der Waals surface area contributed by atoms with Crippen LogP contribution in [0.2, 0.25) is 0 Å². The van der Waals surface area contributed by atoms with Crippen LogP contribution in [0.1, 0.15) is 31.1 Å². The number of nitrogens with one attached hydrogen (secondary N) is 1. The molecule has 4 nitrogen and oxygen atoms in total. The fourth-order valence-corrected chi connectivity index (χ4v) is 1.51. The third-order valence-corrected chi connectivity index (χ3v) is 3.48. The van der Waals surface area contributed by atoms with Crippen LogP contribution >= 0.6 is 0 Å². The van der Waals surface area contributed by atoms with E-state index in [9.17, 15) is 18.0 Å². The number of carbonyl (C=O) groups is 1. The summed E-state index contributed by atoms with van der Waals surface area (Å²) in [6.45, 7) is 5.32. The van der Waals surface area contributed by atoms with E-state index in [2.05, 4.69) is 5.32 Å². The molecule has 0 heterocycles. The number of aromatic hydroxyl groups is 1. The van der Waals surface area contributed by atoms with Gasteiger partial charge in [-0.25, -0.2) is 8.78 Å². The van der Waals surface area contributed by atoms with Crippen molar-refractivity contribution in [2.45, 2.75) is 26.3 Å². The van der Waals surface area contributed by atoms with Crippen molar-refractivity contribution in [2.75, 3.05) is 6.54 Å². The average molecular weight is 290 g/mol. The molecule has 0 aliphatic rings. The summed E-state index contributed by atoms with van der Waals surface area (Å²) in [7, 11) is 0. The lowest BCUT2D eigenvalue weighted by atomic mass is 9.88. The number of nitrogens with two attached hydrogens (primary N) is 1. The third kappa shape index (κ3) is 2.87. The number of hydrogen-bond donors (Lipinski definition) is 3. The van der Waals surface area contributed by atoms with Gasteiger partial charge < -0.3 is 16.2 Å².